The fraction of sp³-hybridized carbons (Fsp3) is 0.207. The summed E-state index contributed by atoms with van der Waals surface area (Å²) in [5.41, 5.74) is 3.72. The highest BCUT2D eigenvalue weighted by Crippen LogP contribution is 2.57. The molecular formula is C29H24N2O3. The minimum atomic E-state index is -1.22. The number of nitrogens with one attached hydrogen (secondary N) is 1. The predicted octanol–water partition coefficient (Wildman–Crippen LogP) is 4.56. The maximum absolute atomic E-state index is 14.2. The lowest BCUT2D eigenvalue weighted by Gasteiger charge is -2.37. The molecule has 4 unspecified atom stereocenters. The Morgan fingerprint density at radius 3 is 2.47 bits per heavy atom. The summed E-state index contributed by atoms with van der Waals surface area (Å²) >= 11 is 0. The van der Waals surface area contributed by atoms with Crippen molar-refractivity contribution in [3.63, 3.8) is 0 Å². The number of carbonyl (C=O) groups is 3. The van der Waals surface area contributed by atoms with Gasteiger partial charge in [0.1, 0.15) is 5.41 Å². The highest BCUT2D eigenvalue weighted by atomic mass is 16.2. The van der Waals surface area contributed by atoms with E-state index in [1.165, 1.54) is 6.92 Å². The highest BCUT2D eigenvalue weighted by molar-refractivity contribution is 6.16. The average Bonchev–Trinajstić information content (AvgIpc) is 3.32. The van der Waals surface area contributed by atoms with Crippen molar-refractivity contribution in [1.82, 2.24) is 0 Å². The van der Waals surface area contributed by atoms with E-state index in [1.54, 1.807) is 12.1 Å². The van der Waals surface area contributed by atoms with Crippen LogP contribution in [-0.4, -0.2) is 29.6 Å². The van der Waals surface area contributed by atoms with E-state index in [9.17, 15) is 14.4 Å². The van der Waals surface area contributed by atoms with E-state index in [1.807, 2.05) is 78.6 Å². The number of Topliss-reactive ketones (excluding diaryl/α,β-unsaturated/α-hetero) is 2. The van der Waals surface area contributed by atoms with Gasteiger partial charge < -0.3 is 10.2 Å². The van der Waals surface area contributed by atoms with Crippen molar-refractivity contribution in [2.24, 2.45) is 5.92 Å². The smallest absolute Gasteiger partial charge is 0.238 e. The molecule has 0 aromatic heterocycles. The number of para-hydroxylation sites is 1. The molecule has 0 radical (unpaired) electrons. The number of anilines is 2. The standard InChI is InChI=1S/C29H24N2O3/c1-17-12-14-23-20(16-17)13-15-24-29(21-10-6-7-11-22(21)30-28(29)34)25(26(18(2)32)31(23)24)27(33)19-8-4-3-5-9-19/h3-16,24-26H,1-2H3,(H,30,34). The van der Waals surface area contributed by atoms with E-state index in [0.717, 1.165) is 22.4 Å². The molecule has 6 rings (SSSR count). The molecule has 1 spiro atoms. The lowest BCUT2D eigenvalue weighted by molar-refractivity contribution is -0.122. The molecule has 4 atom stereocenters. The van der Waals surface area contributed by atoms with Crippen molar-refractivity contribution >= 4 is 34.9 Å². The largest absolute Gasteiger partial charge is 0.352 e. The number of amides is 1. The second-order valence-electron chi connectivity index (χ2n) is 9.41. The highest BCUT2D eigenvalue weighted by Gasteiger charge is 2.69. The van der Waals surface area contributed by atoms with Crippen LogP contribution in [0.15, 0.2) is 78.9 Å². The summed E-state index contributed by atoms with van der Waals surface area (Å²) < 4.78 is 0. The van der Waals surface area contributed by atoms with Crippen LogP contribution in [-0.2, 0) is 15.0 Å². The van der Waals surface area contributed by atoms with Crippen LogP contribution >= 0.6 is 0 Å². The number of rotatable bonds is 3. The SMILES string of the molecule is CC(=O)C1C(C(=O)c2ccccc2)C2(C(=O)Nc3ccccc32)C2C=Cc3cc(C)ccc3N12. The monoisotopic (exact) mass is 448 g/mol. The van der Waals surface area contributed by atoms with E-state index in [4.69, 9.17) is 0 Å². The number of aryl methyl sites for hydroxylation is 1. The fourth-order valence-electron chi connectivity index (χ4n) is 6.23. The Bertz CT molecular complexity index is 1390. The Labute approximate surface area is 198 Å². The molecule has 1 N–H and O–H groups in total. The topological polar surface area (TPSA) is 66.5 Å². The summed E-state index contributed by atoms with van der Waals surface area (Å²) in [7, 11) is 0. The molecule has 3 aliphatic rings. The lowest BCUT2D eigenvalue weighted by Crippen LogP contribution is -2.51. The summed E-state index contributed by atoms with van der Waals surface area (Å²) in [6.07, 6.45) is 4.02. The van der Waals surface area contributed by atoms with Crippen LogP contribution in [0.25, 0.3) is 6.08 Å². The number of hydrogen-bond acceptors (Lipinski definition) is 4. The first-order valence-corrected chi connectivity index (χ1v) is 11.5. The van der Waals surface area contributed by atoms with Crippen molar-refractivity contribution in [2.75, 3.05) is 10.2 Å². The molecule has 0 saturated carbocycles. The van der Waals surface area contributed by atoms with E-state index in [0.29, 0.717) is 11.3 Å². The number of benzene rings is 3. The summed E-state index contributed by atoms with van der Waals surface area (Å²) in [5, 5.41) is 3.03. The Morgan fingerprint density at radius 2 is 1.71 bits per heavy atom. The van der Waals surface area contributed by atoms with Gasteiger partial charge in [0, 0.05) is 16.9 Å². The van der Waals surface area contributed by atoms with Crippen molar-refractivity contribution < 1.29 is 14.4 Å². The van der Waals surface area contributed by atoms with Gasteiger partial charge in [-0.05, 0) is 43.2 Å². The van der Waals surface area contributed by atoms with Gasteiger partial charge in [-0.15, -0.1) is 0 Å². The van der Waals surface area contributed by atoms with Crippen LogP contribution in [0.3, 0.4) is 0 Å². The van der Waals surface area contributed by atoms with Gasteiger partial charge in [0.05, 0.1) is 18.0 Å². The van der Waals surface area contributed by atoms with Gasteiger partial charge in [-0.25, -0.2) is 0 Å². The molecule has 0 aliphatic carbocycles. The zero-order valence-corrected chi connectivity index (χ0v) is 19.0. The lowest BCUT2D eigenvalue weighted by atomic mass is 9.64. The number of ketones is 2. The molecule has 0 bridgehead atoms. The molecule has 5 heteroatoms. The molecule has 5 nitrogen and oxygen atoms in total. The van der Waals surface area contributed by atoms with Gasteiger partial charge in [-0.2, -0.15) is 0 Å². The molecule has 3 aromatic rings. The van der Waals surface area contributed by atoms with Crippen LogP contribution < -0.4 is 10.2 Å². The van der Waals surface area contributed by atoms with Crippen LogP contribution in [0.2, 0.25) is 0 Å². The summed E-state index contributed by atoms with van der Waals surface area (Å²) in [5.74, 6) is -1.43. The zero-order chi connectivity index (χ0) is 23.6. The first-order chi connectivity index (χ1) is 16.4. The normalized spacial score (nSPS) is 26.1. The molecule has 168 valence electrons. The first kappa shape index (κ1) is 20.6. The van der Waals surface area contributed by atoms with Gasteiger partial charge in [-0.1, -0.05) is 72.3 Å². The minimum absolute atomic E-state index is 0.129. The summed E-state index contributed by atoms with van der Waals surface area (Å²) in [4.78, 5) is 43.5. The van der Waals surface area contributed by atoms with Gasteiger partial charge in [0.2, 0.25) is 5.91 Å². The van der Waals surface area contributed by atoms with E-state index < -0.39 is 23.4 Å². The Kier molecular flexibility index (Phi) is 4.40. The third-order valence-electron chi connectivity index (χ3n) is 7.55. The maximum Gasteiger partial charge on any atom is 0.238 e. The van der Waals surface area contributed by atoms with Gasteiger partial charge >= 0.3 is 0 Å². The molecular weight excluding hydrogens is 424 g/mol. The fourth-order valence-corrected chi connectivity index (χ4v) is 6.23. The Balaban J connectivity index is 1.67. The van der Waals surface area contributed by atoms with Crippen molar-refractivity contribution in [3.8, 4) is 0 Å². The second kappa shape index (κ2) is 7.26. The Morgan fingerprint density at radius 1 is 0.971 bits per heavy atom. The van der Waals surface area contributed by atoms with Crippen molar-refractivity contribution in [1.29, 1.82) is 0 Å². The van der Waals surface area contributed by atoms with E-state index in [-0.39, 0.29) is 17.5 Å². The summed E-state index contributed by atoms with van der Waals surface area (Å²) in [6, 6.07) is 21.4. The Hall–Kier alpha value is -3.99. The van der Waals surface area contributed by atoms with Crippen LogP contribution in [0.5, 0.6) is 0 Å². The maximum atomic E-state index is 14.2. The molecule has 3 aromatic carbocycles. The molecule has 1 saturated heterocycles. The average molecular weight is 449 g/mol. The van der Waals surface area contributed by atoms with Crippen molar-refractivity contribution in [2.45, 2.75) is 31.3 Å². The number of fused-ring (bicyclic) bond motifs is 6. The third kappa shape index (κ3) is 2.58. The predicted molar refractivity (Wildman–Crippen MR) is 132 cm³/mol. The first-order valence-electron chi connectivity index (χ1n) is 11.5. The van der Waals surface area contributed by atoms with E-state index >= 15 is 0 Å². The second-order valence-corrected chi connectivity index (χ2v) is 9.41. The summed E-state index contributed by atoms with van der Waals surface area (Å²) in [6.45, 7) is 3.55. The molecule has 1 fully saturated rings. The number of hydrogen-bond donors (Lipinski definition) is 1. The molecule has 3 aliphatic heterocycles. The molecule has 34 heavy (non-hydrogen) atoms. The van der Waals surface area contributed by atoms with Crippen LogP contribution in [0.1, 0.15) is 34.0 Å². The van der Waals surface area contributed by atoms with Gasteiger partial charge in [0.15, 0.2) is 11.6 Å². The number of nitrogens with zero attached hydrogens (tertiary/aromatic N) is 1. The van der Waals surface area contributed by atoms with Gasteiger partial charge in [-0.3, -0.25) is 14.4 Å². The third-order valence-corrected chi connectivity index (χ3v) is 7.55. The quantitative estimate of drug-likeness (QED) is 0.597. The zero-order valence-electron chi connectivity index (χ0n) is 19.0. The van der Waals surface area contributed by atoms with Crippen LogP contribution in [0, 0.1) is 12.8 Å². The van der Waals surface area contributed by atoms with Crippen LogP contribution in [0.4, 0.5) is 11.4 Å². The van der Waals surface area contributed by atoms with Crippen molar-refractivity contribution in [3.05, 3.63) is 101 Å². The van der Waals surface area contributed by atoms with Gasteiger partial charge in [0.25, 0.3) is 0 Å². The molecule has 1 amide bonds. The molecule has 3 heterocycles. The minimum Gasteiger partial charge on any atom is -0.352 e. The van der Waals surface area contributed by atoms with E-state index in [2.05, 4.69) is 11.4 Å². The number of carbonyl (C=O) groups excluding carboxylic acids is 3.